The number of amides is 2. The van der Waals surface area contributed by atoms with Crippen molar-refractivity contribution in [2.45, 2.75) is 25.6 Å². The first-order chi connectivity index (χ1) is 20.8. The molecule has 1 aromatic carbocycles. The Bertz CT molecular complexity index is 1850. The van der Waals surface area contributed by atoms with Gasteiger partial charge in [0.15, 0.2) is 5.82 Å². The first-order valence-electron chi connectivity index (χ1n) is 12.3. The van der Waals surface area contributed by atoms with Crippen molar-refractivity contribution >= 4 is 29.1 Å². The predicted octanol–water partition coefficient (Wildman–Crippen LogP) is 3.11. The van der Waals surface area contributed by atoms with Crippen LogP contribution < -0.4 is 10.6 Å². The molecule has 44 heavy (non-hydrogen) atoms. The normalized spacial score (nSPS) is 11.9. The fraction of sp³-hybridized carbons (Fsp3) is 0.208. The lowest BCUT2D eigenvalue weighted by Crippen LogP contribution is -2.35. The zero-order valence-corrected chi connectivity index (χ0v) is 23.1. The van der Waals surface area contributed by atoms with E-state index in [1.165, 1.54) is 54.8 Å². The van der Waals surface area contributed by atoms with Crippen molar-refractivity contribution in [2.75, 3.05) is 12.4 Å². The molecule has 0 fully saturated rings. The van der Waals surface area contributed by atoms with Gasteiger partial charge in [-0.1, -0.05) is 11.6 Å². The number of carbonyl (C=O) groups is 2. The zero-order valence-electron chi connectivity index (χ0n) is 22.4. The molecule has 2 amide bonds. The first-order valence-corrected chi connectivity index (χ1v) is 12.6. The summed E-state index contributed by atoms with van der Waals surface area (Å²) in [6.07, 6.45) is -1.84. The van der Waals surface area contributed by atoms with Crippen LogP contribution in [0.25, 0.3) is 11.5 Å². The summed E-state index contributed by atoms with van der Waals surface area (Å²) >= 11 is 6.29. The molecule has 0 atom stereocenters. The molecule has 0 aliphatic rings. The van der Waals surface area contributed by atoms with Crippen molar-refractivity contribution in [3.05, 3.63) is 82.5 Å². The molecule has 2 N–H and O–H groups in total. The number of aromatic nitrogens is 10. The van der Waals surface area contributed by atoms with Gasteiger partial charge in [-0.25, -0.2) is 19.3 Å². The molecule has 0 saturated carbocycles. The van der Waals surface area contributed by atoms with Crippen molar-refractivity contribution in [2.24, 2.45) is 0 Å². The maximum Gasteiger partial charge on any atom is 0.461 e. The summed E-state index contributed by atoms with van der Waals surface area (Å²) in [5.41, 5.74) is 0.928. The molecule has 20 heteroatoms. The average Bonchev–Trinajstić information content (AvgIpc) is 3.75. The van der Waals surface area contributed by atoms with E-state index in [0.29, 0.717) is 16.0 Å². The third kappa shape index (κ3) is 5.68. The van der Waals surface area contributed by atoms with E-state index < -0.39 is 36.3 Å². The van der Waals surface area contributed by atoms with Crippen LogP contribution in [0.5, 0.6) is 0 Å². The number of nitrogens with zero attached hydrogens (tertiary/aromatic N) is 10. The molecule has 5 aromatic rings. The van der Waals surface area contributed by atoms with Crippen LogP contribution >= 0.6 is 11.6 Å². The van der Waals surface area contributed by atoms with E-state index in [1.807, 2.05) is 0 Å². The lowest BCUT2D eigenvalue weighted by molar-refractivity contribution is -0.292. The quantitative estimate of drug-likeness (QED) is 0.244. The summed E-state index contributed by atoms with van der Waals surface area (Å²) in [6.45, 7) is 1.08. The minimum atomic E-state index is -5.94. The summed E-state index contributed by atoms with van der Waals surface area (Å²) in [5.74, 6) is -8.55. The van der Waals surface area contributed by atoms with E-state index in [0.717, 1.165) is 4.68 Å². The zero-order chi connectivity index (χ0) is 31.8. The number of halogens is 6. The van der Waals surface area contributed by atoms with E-state index in [2.05, 4.69) is 46.2 Å². The lowest BCUT2D eigenvalue weighted by Gasteiger charge is -2.16. The van der Waals surface area contributed by atoms with Crippen LogP contribution in [0, 0.1) is 6.92 Å². The summed E-state index contributed by atoms with van der Waals surface area (Å²) in [4.78, 5) is 35.0. The minimum Gasteiger partial charge on any atom is -0.355 e. The van der Waals surface area contributed by atoms with Crippen molar-refractivity contribution < 1.29 is 31.5 Å². The van der Waals surface area contributed by atoms with Crippen molar-refractivity contribution in [3.8, 4) is 11.5 Å². The fourth-order valence-electron chi connectivity index (χ4n) is 3.97. The van der Waals surface area contributed by atoms with Gasteiger partial charge in [0.25, 0.3) is 17.6 Å². The van der Waals surface area contributed by atoms with E-state index in [9.17, 15) is 31.5 Å². The highest BCUT2D eigenvalue weighted by molar-refractivity contribution is 6.32. The molecule has 0 saturated heterocycles. The number of pyridine rings is 1. The van der Waals surface area contributed by atoms with Crippen LogP contribution in [0.2, 0.25) is 5.02 Å². The number of aryl methyl sites for hydroxylation is 1. The Labute approximate surface area is 247 Å². The van der Waals surface area contributed by atoms with E-state index in [4.69, 9.17) is 11.6 Å². The Kier molecular flexibility index (Phi) is 7.81. The number of hydrogen-bond acceptors (Lipinski definition) is 9. The number of benzene rings is 1. The third-order valence-electron chi connectivity index (χ3n) is 6.04. The standard InChI is InChI=1S/C24H18ClF5N12O2/c1-12-6-14(40-11-32-10-34-40)8-15(20(43)31-2)18(12)35-21(44)17-7-13(37-42(17)19-16(25)4-3-5-33-19)9-41-38-22(36-39-41)23(26,27)24(28,29)30/h3-8,10-11H,9H2,1-2H3,(H,31,43)(H,35,44). The van der Waals surface area contributed by atoms with Gasteiger partial charge in [0, 0.05) is 13.2 Å². The SMILES string of the molecule is CNC(=O)c1cc(-n2cncn2)cc(C)c1NC(=O)c1cc(Cn2nnc(C(F)(F)C(F)(F)F)n2)nn1-c1ncccc1Cl. The molecule has 0 unspecified atom stereocenters. The van der Waals surface area contributed by atoms with Crippen molar-refractivity contribution in [1.29, 1.82) is 0 Å². The van der Waals surface area contributed by atoms with Crippen molar-refractivity contribution in [3.63, 3.8) is 0 Å². The van der Waals surface area contributed by atoms with Gasteiger partial charge in [-0.2, -0.15) is 36.9 Å². The van der Waals surface area contributed by atoms with Gasteiger partial charge >= 0.3 is 12.1 Å². The Balaban J connectivity index is 1.53. The van der Waals surface area contributed by atoms with Gasteiger partial charge < -0.3 is 10.6 Å². The van der Waals surface area contributed by atoms with Crippen LogP contribution in [0.4, 0.5) is 27.6 Å². The molecule has 0 bridgehead atoms. The molecule has 0 radical (unpaired) electrons. The van der Waals surface area contributed by atoms with E-state index in [1.54, 1.807) is 13.0 Å². The van der Waals surface area contributed by atoms with Crippen LogP contribution in [0.3, 0.4) is 0 Å². The van der Waals surface area contributed by atoms with Gasteiger partial charge in [-0.15, -0.1) is 10.2 Å². The largest absolute Gasteiger partial charge is 0.461 e. The van der Waals surface area contributed by atoms with E-state index >= 15 is 0 Å². The molecular weight excluding hydrogens is 619 g/mol. The first kappa shape index (κ1) is 30.1. The molecule has 4 heterocycles. The molecule has 0 aliphatic heterocycles. The summed E-state index contributed by atoms with van der Waals surface area (Å²) < 4.78 is 68.1. The minimum absolute atomic E-state index is 0.00816. The van der Waals surface area contributed by atoms with Crippen LogP contribution in [0.1, 0.15) is 37.9 Å². The molecule has 4 aromatic heterocycles. The fourth-order valence-corrected chi connectivity index (χ4v) is 4.17. The number of tetrazole rings is 1. The van der Waals surface area contributed by atoms with Crippen LogP contribution in [-0.4, -0.2) is 74.8 Å². The smallest absolute Gasteiger partial charge is 0.355 e. The second-order valence-corrected chi connectivity index (χ2v) is 9.42. The van der Waals surface area contributed by atoms with E-state index in [-0.39, 0.29) is 33.5 Å². The van der Waals surface area contributed by atoms with Crippen molar-refractivity contribution in [1.82, 2.24) is 55.1 Å². The highest BCUT2D eigenvalue weighted by atomic mass is 35.5. The lowest BCUT2D eigenvalue weighted by atomic mass is 10.1. The topological polar surface area (TPSA) is 163 Å². The Morgan fingerprint density at radius 3 is 2.50 bits per heavy atom. The Hall–Kier alpha value is -5.33. The van der Waals surface area contributed by atoms with Gasteiger partial charge in [0.05, 0.1) is 27.7 Å². The second-order valence-electron chi connectivity index (χ2n) is 9.02. The number of anilines is 1. The third-order valence-corrected chi connectivity index (χ3v) is 6.33. The number of carbonyl (C=O) groups excluding carboxylic acids is 2. The summed E-state index contributed by atoms with van der Waals surface area (Å²) in [6, 6.07) is 7.32. The summed E-state index contributed by atoms with van der Waals surface area (Å²) in [5, 5.41) is 22.8. The average molecular weight is 637 g/mol. The maximum absolute atomic E-state index is 13.7. The van der Waals surface area contributed by atoms with Crippen LogP contribution in [0.15, 0.2) is 49.2 Å². The molecule has 0 aliphatic carbocycles. The van der Waals surface area contributed by atoms with Gasteiger partial charge in [-0.05, 0) is 48.0 Å². The molecule has 5 rings (SSSR count). The van der Waals surface area contributed by atoms with Gasteiger partial charge in [0.2, 0.25) is 0 Å². The second kappa shape index (κ2) is 11.4. The monoisotopic (exact) mass is 636 g/mol. The number of hydrogen-bond donors (Lipinski definition) is 2. The molecular formula is C24H18ClF5N12O2. The predicted molar refractivity (Wildman–Crippen MR) is 141 cm³/mol. The number of rotatable bonds is 8. The Morgan fingerprint density at radius 2 is 1.84 bits per heavy atom. The van der Waals surface area contributed by atoms with Crippen LogP contribution in [-0.2, 0) is 12.5 Å². The molecule has 228 valence electrons. The summed E-state index contributed by atoms with van der Waals surface area (Å²) in [7, 11) is 1.41. The molecule has 14 nitrogen and oxygen atoms in total. The van der Waals surface area contributed by atoms with Gasteiger partial charge in [-0.3, -0.25) is 9.59 Å². The highest BCUT2D eigenvalue weighted by Crippen LogP contribution is 2.41. The molecule has 0 spiro atoms. The highest BCUT2D eigenvalue weighted by Gasteiger charge is 2.62. The number of nitrogens with one attached hydrogen (secondary N) is 2. The van der Waals surface area contributed by atoms with Gasteiger partial charge in [0.1, 0.15) is 24.9 Å². The number of alkyl halides is 5. The Morgan fingerprint density at radius 1 is 1.07 bits per heavy atom. The maximum atomic E-state index is 13.7.